The summed E-state index contributed by atoms with van der Waals surface area (Å²) in [7, 11) is 0. The van der Waals surface area contributed by atoms with E-state index in [2.05, 4.69) is 39.0 Å². The van der Waals surface area contributed by atoms with Crippen molar-refractivity contribution in [3.05, 3.63) is 29.8 Å². The zero-order chi connectivity index (χ0) is 19.1. The molecule has 5 heteroatoms. The summed E-state index contributed by atoms with van der Waals surface area (Å²) in [6.07, 6.45) is 7.03. The third-order valence-corrected chi connectivity index (χ3v) is 7.44. The number of ether oxygens (including phenoxy) is 1. The van der Waals surface area contributed by atoms with Gasteiger partial charge in [0.15, 0.2) is 0 Å². The number of amides is 1. The predicted octanol–water partition coefficient (Wildman–Crippen LogP) is 3.52. The second-order valence-corrected chi connectivity index (χ2v) is 9.10. The second-order valence-electron chi connectivity index (χ2n) is 9.10. The summed E-state index contributed by atoms with van der Waals surface area (Å²) in [6.45, 7) is 7.18. The number of hydrogen-bond acceptors (Lipinski definition) is 4. The Morgan fingerprint density at radius 1 is 1.07 bits per heavy atom. The molecule has 1 aromatic rings. The van der Waals surface area contributed by atoms with Gasteiger partial charge in [-0.25, -0.2) is 4.79 Å². The van der Waals surface area contributed by atoms with Gasteiger partial charge in [0.1, 0.15) is 0 Å². The number of benzene rings is 1. The van der Waals surface area contributed by atoms with Gasteiger partial charge in [0.05, 0.1) is 6.61 Å². The molecule has 3 saturated heterocycles. The van der Waals surface area contributed by atoms with Gasteiger partial charge in [0, 0.05) is 50.0 Å². The summed E-state index contributed by atoms with van der Waals surface area (Å²) in [4.78, 5) is 19.7. The first-order chi connectivity index (χ1) is 13.7. The lowest BCUT2D eigenvalue weighted by Crippen LogP contribution is -2.48. The lowest BCUT2D eigenvalue weighted by atomic mass is 9.90. The van der Waals surface area contributed by atoms with E-state index in [1.807, 2.05) is 6.92 Å². The Balaban J connectivity index is 1.16. The first-order valence-corrected chi connectivity index (χ1v) is 11.2. The molecule has 3 atom stereocenters. The summed E-state index contributed by atoms with van der Waals surface area (Å²) in [5, 5.41) is 0. The van der Waals surface area contributed by atoms with Gasteiger partial charge in [-0.1, -0.05) is 18.2 Å². The van der Waals surface area contributed by atoms with E-state index in [1.165, 1.54) is 50.3 Å². The van der Waals surface area contributed by atoms with Crippen molar-refractivity contribution < 1.29 is 9.53 Å². The normalized spacial score (nSPS) is 32.0. The molecule has 0 aromatic heterocycles. The molecule has 5 nitrogen and oxygen atoms in total. The molecule has 0 spiro atoms. The number of carbonyl (C=O) groups excluding carboxylic acids is 1. The smallest absolute Gasteiger partial charge is 0.410 e. The van der Waals surface area contributed by atoms with Crippen LogP contribution in [0.2, 0.25) is 0 Å². The largest absolute Gasteiger partial charge is 0.450 e. The number of para-hydroxylation sites is 1. The molecule has 0 saturated carbocycles. The molecule has 0 unspecified atom stereocenters. The Morgan fingerprint density at radius 2 is 1.86 bits per heavy atom. The van der Waals surface area contributed by atoms with Crippen molar-refractivity contribution in [1.82, 2.24) is 9.80 Å². The van der Waals surface area contributed by atoms with Crippen LogP contribution in [0.5, 0.6) is 0 Å². The van der Waals surface area contributed by atoms with E-state index in [1.54, 1.807) is 0 Å². The maximum absolute atomic E-state index is 12.3. The fourth-order valence-electron chi connectivity index (χ4n) is 6.28. The summed E-state index contributed by atoms with van der Waals surface area (Å²) in [5.41, 5.74) is 2.99. The predicted molar refractivity (Wildman–Crippen MR) is 111 cm³/mol. The van der Waals surface area contributed by atoms with E-state index >= 15 is 0 Å². The van der Waals surface area contributed by atoms with Crippen LogP contribution in [0.4, 0.5) is 10.5 Å². The van der Waals surface area contributed by atoms with Gasteiger partial charge in [-0.3, -0.25) is 0 Å². The van der Waals surface area contributed by atoms with Crippen LogP contribution >= 0.6 is 0 Å². The summed E-state index contributed by atoms with van der Waals surface area (Å²) in [6, 6.07) is 10.4. The highest BCUT2D eigenvalue weighted by atomic mass is 16.6. The van der Waals surface area contributed by atoms with Gasteiger partial charge in [0.25, 0.3) is 0 Å². The SMILES string of the molecule is CCOC(=O)N1[C@H]2CC[C@H]1CC(CN1CC[C@@H](N3CCc4ccccc43)C1)C2. The van der Waals surface area contributed by atoms with Crippen molar-refractivity contribution >= 4 is 11.8 Å². The number of likely N-dealkylation sites (tertiary alicyclic amines) is 1. The lowest BCUT2D eigenvalue weighted by molar-refractivity contribution is 0.0547. The van der Waals surface area contributed by atoms with E-state index in [0.29, 0.717) is 24.7 Å². The van der Waals surface area contributed by atoms with Crippen LogP contribution in [-0.2, 0) is 11.2 Å². The zero-order valence-electron chi connectivity index (χ0n) is 17.1. The fraction of sp³-hybridized carbons (Fsp3) is 0.696. The highest BCUT2D eigenvalue weighted by Crippen LogP contribution is 2.40. The summed E-state index contributed by atoms with van der Waals surface area (Å²) in [5.74, 6) is 0.729. The minimum absolute atomic E-state index is 0.0811. The molecule has 0 aliphatic carbocycles. The molecule has 0 N–H and O–H groups in total. The van der Waals surface area contributed by atoms with Gasteiger partial charge in [-0.15, -0.1) is 0 Å². The molecule has 4 aliphatic rings. The molecule has 2 bridgehead atoms. The highest BCUT2D eigenvalue weighted by molar-refractivity contribution is 5.69. The molecular weight excluding hydrogens is 350 g/mol. The Morgan fingerprint density at radius 3 is 2.64 bits per heavy atom. The second kappa shape index (κ2) is 7.58. The number of hydrogen-bond donors (Lipinski definition) is 0. The van der Waals surface area contributed by atoms with E-state index in [4.69, 9.17) is 4.74 Å². The molecule has 4 heterocycles. The molecule has 4 aliphatic heterocycles. The molecule has 3 fully saturated rings. The van der Waals surface area contributed by atoms with Gasteiger partial charge in [0.2, 0.25) is 0 Å². The Bertz CT molecular complexity index is 710. The summed E-state index contributed by atoms with van der Waals surface area (Å²) >= 11 is 0. The molecule has 5 rings (SSSR count). The molecule has 152 valence electrons. The zero-order valence-corrected chi connectivity index (χ0v) is 17.1. The molecule has 28 heavy (non-hydrogen) atoms. The van der Waals surface area contributed by atoms with Crippen molar-refractivity contribution in [2.24, 2.45) is 5.92 Å². The quantitative estimate of drug-likeness (QED) is 0.797. The van der Waals surface area contributed by atoms with Gasteiger partial charge < -0.3 is 19.4 Å². The maximum Gasteiger partial charge on any atom is 0.410 e. The van der Waals surface area contributed by atoms with Crippen LogP contribution in [-0.4, -0.2) is 66.8 Å². The van der Waals surface area contributed by atoms with Crippen molar-refractivity contribution in [2.75, 3.05) is 37.7 Å². The van der Waals surface area contributed by atoms with Crippen molar-refractivity contribution in [3.63, 3.8) is 0 Å². The standard InChI is InChI=1S/C23H33N3O2/c1-2-28-23(27)26-19-7-8-20(26)14-17(13-19)15-24-11-10-21(16-24)25-12-9-18-5-3-4-6-22(18)25/h3-6,17,19-21H,2,7-16H2,1H3/t19-,20-,21+/m0/s1. The third-order valence-electron chi connectivity index (χ3n) is 7.44. The van der Waals surface area contributed by atoms with Crippen LogP contribution in [0.1, 0.15) is 44.6 Å². The minimum atomic E-state index is -0.0811. The van der Waals surface area contributed by atoms with Crippen LogP contribution in [0.15, 0.2) is 24.3 Å². The molecule has 1 aromatic carbocycles. The van der Waals surface area contributed by atoms with Crippen molar-refractivity contribution in [1.29, 1.82) is 0 Å². The molecule has 0 radical (unpaired) electrons. The lowest BCUT2D eigenvalue weighted by Gasteiger charge is -2.39. The number of anilines is 1. The van der Waals surface area contributed by atoms with Gasteiger partial charge >= 0.3 is 6.09 Å². The van der Waals surface area contributed by atoms with Gasteiger partial charge in [-0.05, 0) is 63.0 Å². The number of nitrogens with zero attached hydrogens (tertiary/aromatic N) is 3. The van der Waals surface area contributed by atoms with Crippen LogP contribution < -0.4 is 4.90 Å². The Kier molecular flexibility index (Phi) is 4.95. The van der Waals surface area contributed by atoms with E-state index in [9.17, 15) is 4.79 Å². The first kappa shape index (κ1) is 18.3. The van der Waals surface area contributed by atoms with E-state index < -0.39 is 0 Å². The van der Waals surface area contributed by atoms with Crippen LogP contribution in [0.25, 0.3) is 0 Å². The molecule has 1 amide bonds. The molecular formula is C23H33N3O2. The summed E-state index contributed by atoms with van der Waals surface area (Å²) < 4.78 is 5.30. The Labute approximate surface area is 168 Å². The number of piperidine rings is 1. The average molecular weight is 384 g/mol. The van der Waals surface area contributed by atoms with Crippen molar-refractivity contribution in [3.8, 4) is 0 Å². The topological polar surface area (TPSA) is 36.0 Å². The fourth-order valence-corrected chi connectivity index (χ4v) is 6.28. The van der Waals surface area contributed by atoms with Crippen molar-refractivity contribution in [2.45, 2.75) is 63.6 Å². The number of fused-ring (bicyclic) bond motifs is 3. The maximum atomic E-state index is 12.3. The van der Waals surface area contributed by atoms with E-state index in [-0.39, 0.29) is 6.09 Å². The monoisotopic (exact) mass is 383 g/mol. The highest BCUT2D eigenvalue weighted by Gasteiger charge is 2.44. The number of carbonyl (C=O) groups is 1. The average Bonchev–Trinajstić information content (AvgIpc) is 3.38. The van der Waals surface area contributed by atoms with E-state index in [0.717, 1.165) is 31.6 Å². The number of rotatable bonds is 4. The minimum Gasteiger partial charge on any atom is -0.450 e. The first-order valence-electron chi connectivity index (χ1n) is 11.2. The van der Waals surface area contributed by atoms with Crippen LogP contribution in [0.3, 0.4) is 0 Å². The van der Waals surface area contributed by atoms with Crippen LogP contribution in [0, 0.1) is 5.92 Å². The van der Waals surface area contributed by atoms with Gasteiger partial charge in [-0.2, -0.15) is 0 Å². The third kappa shape index (κ3) is 3.28. The Hall–Kier alpha value is -1.75.